The van der Waals surface area contributed by atoms with Gasteiger partial charge in [0, 0.05) is 24.9 Å². The molecule has 2 nitrogen and oxygen atoms in total. The number of pyridine rings is 1. The van der Waals surface area contributed by atoms with Crippen molar-refractivity contribution < 1.29 is 4.74 Å². The highest BCUT2D eigenvalue weighted by Gasteiger charge is 1.98. The Morgan fingerprint density at radius 1 is 1.31 bits per heavy atom. The molecule has 2 heteroatoms. The molecular formula is C11H11NO. The van der Waals surface area contributed by atoms with E-state index < -0.39 is 0 Å². The van der Waals surface area contributed by atoms with Gasteiger partial charge in [0.25, 0.3) is 0 Å². The van der Waals surface area contributed by atoms with Gasteiger partial charge in [0.1, 0.15) is 0 Å². The average molecular weight is 173 g/mol. The smallest absolute Gasteiger partial charge is 0.0719 e. The van der Waals surface area contributed by atoms with Crippen molar-refractivity contribution in [2.75, 3.05) is 7.11 Å². The number of hydrogen-bond acceptors (Lipinski definition) is 2. The molecule has 0 bridgehead atoms. The molecule has 0 atom stereocenters. The summed E-state index contributed by atoms with van der Waals surface area (Å²) in [5.74, 6) is 0. The van der Waals surface area contributed by atoms with Crippen LogP contribution in [0.5, 0.6) is 0 Å². The lowest BCUT2D eigenvalue weighted by Gasteiger charge is -2.03. The number of ether oxygens (including phenoxy) is 1. The number of aromatic nitrogens is 1. The van der Waals surface area contributed by atoms with Gasteiger partial charge in [-0.25, -0.2) is 0 Å². The van der Waals surface area contributed by atoms with Crippen molar-refractivity contribution in [2.45, 2.75) is 6.61 Å². The summed E-state index contributed by atoms with van der Waals surface area (Å²) in [5.41, 5.74) is 1.19. The summed E-state index contributed by atoms with van der Waals surface area (Å²) in [6.07, 6.45) is 3.68. The van der Waals surface area contributed by atoms with E-state index in [-0.39, 0.29) is 0 Å². The number of rotatable bonds is 2. The lowest BCUT2D eigenvalue weighted by atomic mass is 10.1. The first kappa shape index (κ1) is 8.20. The normalized spacial score (nSPS) is 10.5. The van der Waals surface area contributed by atoms with E-state index in [0.29, 0.717) is 6.61 Å². The molecule has 0 radical (unpaired) electrons. The van der Waals surface area contributed by atoms with E-state index in [1.807, 2.05) is 18.3 Å². The fraction of sp³-hybridized carbons (Fsp3) is 0.182. The third-order valence-corrected chi connectivity index (χ3v) is 2.07. The second-order valence-electron chi connectivity index (χ2n) is 2.95. The van der Waals surface area contributed by atoms with Gasteiger partial charge in [-0.2, -0.15) is 0 Å². The molecule has 1 aromatic carbocycles. The molecule has 0 aliphatic heterocycles. The zero-order chi connectivity index (χ0) is 9.10. The van der Waals surface area contributed by atoms with Crippen molar-refractivity contribution in [3.8, 4) is 0 Å². The van der Waals surface area contributed by atoms with E-state index in [4.69, 9.17) is 4.74 Å². The van der Waals surface area contributed by atoms with Crippen molar-refractivity contribution in [1.29, 1.82) is 0 Å². The van der Waals surface area contributed by atoms with Crippen LogP contribution in [-0.4, -0.2) is 12.1 Å². The Kier molecular flexibility index (Phi) is 2.23. The van der Waals surface area contributed by atoms with Crippen LogP contribution in [0, 0.1) is 0 Å². The van der Waals surface area contributed by atoms with Gasteiger partial charge < -0.3 is 4.74 Å². The van der Waals surface area contributed by atoms with Crippen LogP contribution in [0.2, 0.25) is 0 Å². The minimum Gasteiger partial charge on any atom is -0.380 e. The zero-order valence-electron chi connectivity index (χ0n) is 7.53. The van der Waals surface area contributed by atoms with Crippen LogP contribution in [-0.2, 0) is 11.3 Å². The highest BCUT2D eigenvalue weighted by molar-refractivity contribution is 5.84. The highest BCUT2D eigenvalue weighted by atomic mass is 16.5. The Hall–Kier alpha value is -1.41. The molecule has 1 heterocycles. The number of fused-ring (bicyclic) bond motifs is 1. The Morgan fingerprint density at radius 2 is 2.23 bits per heavy atom. The molecule has 0 spiro atoms. The second-order valence-corrected chi connectivity index (χ2v) is 2.95. The fourth-order valence-corrected chi connectivity index (χ4v) is 1.46. The topological polar surface area (TPSA) is 22.1 Å². The molecule has 0 amide bonds. The summed E-state index contributed by atoms with van der Waals surface area (Å²) in [6.45, 7) is 0.642. The van der Waals surface area contributed by atoms with Crippen molar-refractivity contribution in [2.24, 2.45) is 0 Å². The SMILES string of the molecule is COCc1cccc2ccncc12. The first-order valence-electron chi connectivity index (χ1n) is 4.22. The zero-order valence-corrected chi connectivity index (χ0v) is 7.53. The van der Waals surface area contributed by atoms with Gasteiger partial charge in [0.05, 0.1) is 6.61 Å². The van der Waals surface area contributed by atoms with Crippen molar-refractivity contribution in [3.05, 3.63) is 42.2 Å². The van der Waals surface area contributed by atoms with E-state index in [0.717, 1.165) is 0 Å². The molecule has 0 N–H and O–H groups in total. The van der Waals surface area contributed by atoms with Crippen LogP contribution in [0.15, 0.2) is 36.7 Å². The van der Waals surface area contributed by atoms with Crippen LogP contribution in [0.25, 0.3) is 10.8 Å². The van der Waals surface area contributed by atoms with Crippen LogP contribution in [0.3, 0.4) is 0 Å². The van der Waals surface area contributed by atoms with E-state index in [1.54, 1.807) is 13.3 Å². The van der Waals surface area contributed by atoms with Crippen LogP contribution in [0.4, 0.5) is 0 Å². The van der Waals surface area contributed by atoms with Gasteiger partial charge in [0.2, 0.25) is 0 Å². The molecule has 2 rings (SSSR count). The van der Waals surface area contributed by atoms with E-state index >= 15 is 0 Å². The average Bonchev–Trinajstić information content (AvgIpc) is 2.19. The molecule has 0 fully saturated rings. The number of nitrogens with zero attached hydrogens (tertiary/aromatic N) is 1. The number of hydrogen-bond donors (Lipinski definition) is 0. The van der Waals surface area contributed by atoms with Gasteiger partial charge in [0.15, 0.2) is 0 Å². The fourth-order valence-electron chi connectivity index (χ4n) is 1.46. The predicted molar refractivity (Wildman–Crippen MR) is 52.5 cm³/mol. The third kappa shape index (κ3) is 1.53. The van der Waals surface area contributed by atoms with E-state index in [1.165, 1.54) is 16.3 Å². The molecule has 0 saturated heterocycles. The molecular weight excluding hydrogens is 162 g/mol. The van der Waals surface area contributed by atoms with Gasteiger partial charge >= 0.3 is 0 Å². The largest absolute Gasteiger partial charge is 0.380 e. The molecule has 0 aliphatic rings. The molecule has 0 aliphatic carbocycles. The summed E-state index contributed by atoms with van der Waals surface area (Å²) in [7, 11) is 1.70. The Labute approximate surface area is 77.2 Å². The maximum absolute atomic E-state index is 5.11. The predicted octanol–water partition coefficient (Wildman–Crippen LogP) is 2.38. The summed E-state index contributed by atoms with van der Waals surface area (Å²) in [4.78, 5) is 4.10. The van der Waals surface area contributed by atoms with Crippen molar-refractivity contribution >= 4 is 10.8 Å². The first-order chi connectivity index (χ1) is 6.42. The van der Waals surface area contributed by atoms with Crippen molar-refractivity contribution in [1.82, 2.24) is 4.98 Å². The van der Waals surface area contributed by atoms with Gasteiger partial charge in [-0.1, -0.05) is 18.2 Å². The maximum Gasteiger partial charge on any atom is 0.0719 e. The minimum absolute atomic E-state index is 0.642. The van der Waals surface area contributed by atoms with Gasteiger partial charge in [-0.3, -0.25) is 4.98 Å². The Morgan fingerprint density at radius 3 is 3.08 bits per heavy atom. The Bertz CT molecular complexity index is 406. The van der Waals surface area contributed by atoms with Crippen LogP contribution in [0.1, 0.15) is 5.56 Å². The summed E-state index contributed by atoms with van der Waals surface area (Å²) in [6, 6.07) is 8.19. The monoisotopic (exact) mass is 173 g/mol. The molecule has 1 aromatic heterocycles. The molecule has 66 valence electrons. The maximum atomic E-state index is 5.11. The third-order valence-electron chi connectivity index (χ3n) is 2.07. The van der Waals surface area contributed by atoms with E-state index in [9.17, 15) is 0 Å². The van der Waals surface area contributed by atoms with E-state index in [2.05, 4.69) is 17.1 Å². The number of benzene rings is 1. The standard InChI is InChI=1S/C11H11NO/c1-13-8-10-4-2-3-9-5-6-12-7-11(9)10/h2-7H,8H2,1H3. The summed E-state index contributed by atoms with van der Waals surface area (Å²) >= 11 is 0. The molecule has 0 saturated carbocycles. The lowest BCUT2D eigenvalue weighted by molar-refractivity contribution is 0.186. The quantitative estimate of drug-likeness (QED) is 0.695. The van der Waals surface area contributed by atoms with Crippen LogP contribution < -0.4 is 0 Å². The molecule has 13 heavy (non-hydrogen) atoms. The van der Waals surface area contributed by atoms with Gasteiger partial charge in [-0.05, 0) is 17.0 Å². The van der Waals surface area contributed by atoms with Gasteiger partial charge in [-0.15, -0.1) is 0 Å². The second kappa shape index (κ2) is 3.54. The summed E-state index contributed by atoms with van der Waals surface area (Å²) in [5, 5.41) is 2.39. The summed E-state index contributed by atoms with van der Waals surface area (Å²) < 4.78 is 5.11. The van der Waals surface area contributed by atoms with Crippen molar-refractivity contribution in [3.63, 3.8) is 0 Å². The highest BCUT2D eigenvalue weighted by Crippen LogP contribution is 2.17. The minimum atomic E-state index is 0.642. The van der Waals surface area contributed by atoms with Crippen LogP contribution >= 0.6 is 0 Å². The first-order valence-corrected chi connectivity index (χ1v) is 4.22. The Balaban J connectivity index is 2.61. The lowest BCUT2D eigenvalue weighted by Crippen LogP contribution is -1.89. The molecule has 0 unspecified atom stereocenters. The number of methoxy groups -OCH3 is 1. The molecule has 2 aromatic rings.